The third-order valence-corrected chi connectivity index (χ3v) is 3.50. The minimum Gasteiger partial charge on any atom is -0.382 e. The predicted molar refractivity (Wildman–Crippen MR) is 86.9 cm³/mol. The Labute approximate surface area is 128 Å². The quantitative estimate of drug-likeness (QED) is 0.703. The molecule has 0 aliphatic carbocycles. The second-order valence-corrected chi connectivity index (χ2v) is 5.57. The number of aromatic nitrogens is 1. The minimum atomic E-state index is -0.362. The molecule has 2 aromatic carbocycles. The molecule has 0 saturated heterocycles. The lowest BCUT2D eigenvalue weighted by atomic mass is 10.0. The first-order chi connectivity index (χ1) is 10.6. The van der Waals surface area contributed by atoms with E-state index in [0.717, 1.165) is 10.9 Å². The monoisotopic (exact) mass is 296 g/mol. The van der Waals surface area contributed by atoms with Crippen molar-refractivity contribution in [2.75, 3.05) is 5.32 Å². The van der Waals surface area contributed by atoms with Gasteiger partial charge in [-0.25, -0.2) is 4.39 Å². The van der Waals surface area contributed by atoms with Gasteiger partial charge >= 0.3 is 0 Å². The van der Waals surface area contributed by atoms with Gasteiger partial charge in [-0.2, -0.15) is 0 Å². The zero-order chi connectivity index (χ0) is 15.7. The Morgan fingerprint density at radius 2 is 1.91 bits per heavy atom. The van der Waals surface area contributed by atoms with Gasteiger partial charge in [-0.05, 0) is 38.1 Å². The number of H-pyrrole nitrogens is 1. The van der Waals surface area contributed by atoms with Crippen LogP contribution < -0.4 is 5.32 Å². The Hall–Kier alpha value is -2.62. The lowest BCUT2D eigenvalue weighted by Crippen LogP contribution is -2.14. The van der Waals surface area contributed by atoms with Crippen molar-refractivity contribution in [3.8, 4) is 0 Å². The van der Waals surface area contributed by atoms with Crippen molar-refractivity contribution in [3.05, 3.63) is 65.6 Å². The molecule has 0 atom stereocenters. The van der Waals surface area contributed by atoms with Gasteiger partial charge in [0.25, 0.3) is 0 Å². The van der Waals surface area contributed by atoms with Crippen molar-refractivity contribution in [1.82, 2.24) is 4.98 Å². The number of ketones is 1. The van der Waals surface area contributed by atoms with Crippen LogP contribution in [0.2, 0.25) is 0 Å². The number of carbonyl (C=O) groups is 1. The molecule has 3 aromatic rings. The highest BCUT2D eigenvalue weighted by atomic mass is 19.1. The van der Waals surface area contributed by atoms with Gasteiger partial charge in [0.05, 0.1) is 0 Å². The number of benzene rings is 2. The highest BCUT2D eigenvalue weighted by molar-refractivity contribution is 6.18. The second kappa shape index (κ2) is 5.64. The first-order valence-electron chi connectivity index (χ1n) is 7.23. The zero-order valence-corrected chi connectivity index (χ0v) is 12.5. The van der Waals surface area contributed by atoms with Crippen molar-refractivity contribution in [2.45, 2.75) is 19.9 Å². The molecule has 3 nitrogen and oxygen atoms in total. The summed E-state index contributed by atoms with van der Waals surface area (Å²) in [6, 6.07) is 11.9. The van der Waals surface area contributed by atoms with Crippen molar-refractivity contribution >= 4 is 22.4 Å². The number of aromatic amines is 1. The number of halogens is 1. The molecule has 1 aromatic heterocycles. The minimum absolute atomic E-state index is 0.108. The van der Waals surface area contributed by atoms with Gasteiger partial charge < -0.3 is 10.3 Å². The Morgan fingerprint density at radius 1 is 1.14 bits per heavy atom. The maximum Gasteiger partial charge on any atom is 0.197 e. The van der Waals surface area contributed by atoms with Gasteiger partial charge in [-0.3, -0.25) is 4.79 Å². The number of hydrogen-bond donors (Lipinski definition) is 2. The Bertz CT molecular complexity index is 836. The Balaban J connectivity index is 2.09. The van der Waals surface area contributed by atoms with E-state index in [0.29, 0.717) is 16.8 Å². The molecule has 3 rings (SSSR count). The number of fused-ring (bicyclic) bond motifs is 1. The molecule has 0 aliphatic heterocycles. The standard InChI is InChI=1S/C18H17FN2O/c1-11(2)21-17-9-12(19)7-8-14(17)18(22)15-10-20-16-6-4-3-5-13(15)16/h3-11,20-21H,1-2H3. The fourth-order valence-electron chi connectivity index (χ4n) is 2.55. The third-order valence-electron chi connectivity index (χ3n) is 3.50. The summed E-state index contributed by atoms with van der Waals surface area (Å²) in [5.41, 5.74) is 2.49. The van der Waals surface area contributed by atoms with Crippen LogP contribution in [0.3, 0.4) is 0 Å². The van der Waals surface area contributed by atoms with E-state index in [9.17, 15) is 9.18 Å². The molecule has 0 bridgehead atoms. The second-order valence-electron chi connectivity index (χ2n) is 5.57. The molecule has 0 saturated carbocycles. The molecule has 112 valence electrons. The molecular formula is C18H17FN2O. The summed E-state index contributed by atoms with van der Waals surface area (Å²) in [6.07, 6.45) is 1.70. The van der Waals surface area contributed by atoms with Crippen molar-refractivity contribution in [1.29, 1.82) is 0 Å². The fraction of sp³-hybridized carbons (Fsp3) is 0.167. The van der Waals surface area contributed by atoms with E-state index in [1.807, 2.05) is 38.1 Å². The summed E-state index contributed by atoms with van der Waals surface area (Å²) in [7, 11) is 0. The van der Waals surface area contributed by atoms with Crippen molar-refractivity contribution < 1.29 is 9.18 Å². The lowest BCUT2D eigenvalue weighted by molar-refractivity contribution is 0.104. The number of para-hydroxylation sites is 1. The molecule has 4 heteroatoms. The Morgan fingerprint density at radius 3 is 2.68 bits per heavy atom. The summed E-state index contributed by atoms with van der Waals surface area (Å²) in [5.74, 6) is -0.487. The van der Waals surface area contributed by atoms with E-state index in [2.05, 4.69) is 10.3 Å². The Kier molecular flexibility index (Phi) is 3.67. The van der Waals surface area contributed by atoms with Crippen LogP contribution >= 0.6 is 0 Å². The van der Waals surface area contributed by atoms with E-state index in [-0.39, 0.29) is 17.6 Å². The van der Waals surface area contributed by atoms with Gasteiger partial charge in [0.2, 0.25) is 0 Å². The lowest BCUT2D eigenvalue weighted by Gasteiger charge is -2.14. The highest BCUT2D eigenvalue weighted by Gasteiger charge is 2.18. The number of nitrogens with one attached hydrogen (secondary N) is 2. The molecule has 22 heavy (non-hydrogen) atoms. The van der Waals surface area contributed by atoms with Crippen LogP contribution in [0.4, 0.5) is 10.1 Å². The summed E-state index contributed by atoms with van der Waals surface area (Å²) in [5, 5.41) is 4.00. The van der Waals surface area contributed by atoms with Gasteiger partial charge in [0, 0.05) is 40.0 Å². The number of anilines is 1. The van der Waals surface area contributed by atoms with Crippen molar-refractivity contribution in [2.24, 2.45) is 0 Å². The van der Waals surface area contributed by atoms with Gasteiger partial charge in [-0.15, -0.1) is 0 Å². The molecule has 0 fully saturated rings. The topological polar surface area (TPSA) is 44.9 Å². The predicted octanol–water partition coefficient (Wildman–Crippen LogP) is 4.36. The van der Waals surface area contributed by atoms with Gasteiger partial charge in [0.1, 0.15) is 5.82 Å². The van der Waals surface area contributed by atoms with E-state index < -0.39 is 0 Å². The molecule has 1 heterocycles. The average molecular weight is 296 g/mol. The SMILES string of the molecule is CC(C)Nc1cc(F)ccc1C(=O)c1c[nH]c2ccccc12. The summed E-state index contributed by atoms with van der Waals surface area (Å²) < 4.78 is 13.5. The maximum atomic E-state index is 13.5. The number of rotatable bonds is 4. The van der Waals surface area contributed by atoms with Crippen LogP contribution in [0.25, 0.3) is 10.9 Å². The summed E-state index contributed by atoms with van der Waals surface area (Å²) >= 11 is 0. The first kappa shape index (κ1) is 14.3. The normalized spacial score (nSPS) is 11.1. The molecule has 0 radical (unpaired) electrons. The van der Waals surface area contributed by atoms with Crippen LogP contribution in [-0.4, -0.2) is 16.8 Å². The van der Waals surface area contributed by atoms with Crippen LogP contribution in [0.5, 0.6) is 0 Å². The molecule has 0 amide bonds. The third kappa shape index (κ3) is 2.60. The van der Waals surface area contributed by atoms with Gasteiger partial charge in [-0.1, -0.05) is 18.2 Å². The molecule has 0 aliphatic rings. The molecule has 2 N–H and O–H groups in total. The fourth-order valence-corrected chi connectivity index (χ4v) is 2.55. The average Bonchev–Trinajstić information content (AvgIpc) is 2.90. The van der Waals surface area contributed by atoms with Crippen LogP contribution in [-0.2, 0) is 0 Å². The van der Waals surface area contributed by atoms with E-state index in [1.165, 1.54) is 18.2 Å². The maximum absolute atomic E-state index is 13.5. The molecule has 0 unspecified atom stereocenters. The van der Waals surface area contributed by atoms with E-state index in [1.54, 1.807) is 6.20 Å². The van der Waals surface area contributed by atoms with Gasteiger partial charge in [0.15, 0.2) is 5.78 Å². The number of hydrogen-bond acceptors (Lipinski definition) is 2. The molecular weight excluding hydrogens is 279 g/mol. The van der Waals surface area contributed by atoms with Crippen LogP contribution in [0, 0.1) is 5.82 Å². The smallest absolute Gasteiger partial charge is 0.197 e. The van der Waals surface area contributed by atoms with Crippen LogP contribution in [0.15, 0.2) is 48.7 Å². The van der Waals surface area contributed by atoms with E-state index >= 15 is 0 Å². The zero-order valence-electron chi connectivity index (χ0n) is 12.5. The van der Waals surface area contributed by atoms with Crippen LogP contribution in [0.1, 0.15) is 29.8 Å². The first-order valence-corrected chi connectivity index (χ1v) is 7.23. The van der Waals surface area contributed by atoms with Crippen molar-refractivity contribution in [3.63, 3.8) is 0 Å². The summed E-state index contributed by atoms with van der Waals surface area (Å²) in [4.78, 5) is 15.9. The summed E-state index contributed by atoms with van der Waals surface area (Å²) in [6.45, 7) is 3.90. The molecule has 0 spiro atoms. The van der Waals surface area contributed by atoms with E-state index in [4.69, 9.17) is 0 Å². The largest absolute Gasteiger partial charge is 0.382 e. The number of carbonyl (C=O) groups excluding carboxylic acids is 1. The highest BCUT2D eigenvalue weighted by Crippen LogP contribution is 2.25.